The Kier molecular flexibility index (Phi) is 1.59. The lowest BCUT2D eigenvalue weighted by molar-refractivity contribution is -0.255. The van der Waals surface area contributed by atoms with Crippen LogP contribution < -0.4 is 5.73 Å². The summed E-state index contributed by atoms with van der Waals surface area (Å²) in [7, 11) is 0. The third kappa shape index (κ3) is 0.990. The third-order valence-corrected chi connectivity index (χ3v) is 2.31. The monoisotopic (exact) mass is 158 g/mol. The Bertz CT molecular complexity index is 418. The zero-order chi connectivity index (χ0) is 8.55. The van der Waals surface area contributed by atoms with Crippen LogP contribution in [-0.4, -0.2) is 0 Å². The van der Waals surface area contributed by atoms with Crippen LogP contribution >= 0.6 is 0 Å². The average molecular weight is 158 g/mol. The molecule has 0 saturated carbocycles. The molecule has 0 aliphatic carbocycles. The van der Waals surface area contributed by atoms with Crippen molar-refractivity contribution in [2.45, 2.75) is 6.92 Å². The highest BCUT2D eigenvalue weighted by molar-refractivity contribution is 5.88. The van der Waals surface area contributed by atoms with Crippen LogP contribution in [0.1, 0.15) is 5.56 Å². The van der Waals surface area contributed by atoms with Gasteiger partial charge < -0.3 is 5.73 Å². The van der Waals surface area contributed by atoms with Crippen molar-refractivity contribution in [2.75, 3.05) is 0 Å². The van der Waals surface area contributed by atoms with Crippen molar-refractivity contribution in [1.29, 1.82) is 0 Å². The molecule has 0 radical (unpaired) electrons. The lowest BCUT2D eigenvalue weighted by atomic mass is 10.0. The highest BCUT2D eigenvalue weighted by atomic mass is 14.5. The van der Waals surface area contributed by atoms with Crippen molar-refractivity contribution in [3.63, 3.8) is 0 Å². The van der Waals surface area contributed by atoms with Crippen molar-refractivity contribution < 1.29 is 5.73 Å². The molecule has 2 aromatic rings. The molecular weight excluding hydrogens is 146 g/mol. The highest BCUT2D eigenvalue weighted by Crippen LogP contribution is 2.21. The Labute approximate surface area is 71.8 Å². The molecule has 2 aromatic carbocycles. The minimum atomic E-state index is 1.12. The summed E-state index contributed by atoms with van der Waals surface area (Å²) in [6.45, 7) is 2.12. The molecular formula is C11H12N+. The van der Waals surface area contributed by atoms with E-state index in [4.69, 9.17) is 0 Å². The number of hydrogen-bond acceptors (Lipinski definition) is 0. The van der Waals surface area contributed by atoms with Crippen molar-refractivity contribution in [1.82, 2.24) is 0 Å². The van der Waals surface area contributed by atoms with E-state index >= 15 is 0 Å². The Balaban J connectivity index is 2.91. The maximum atomic E-state index is 3.97. The molecule has 1 nitrogen and oxygen atoms in total. The lowest BCUT2D eigenvalue weighted by Crippen LogP contribution is -2.41. The van der Waals surface area contributed by atoms with Crippen LogP contribution in [0.25, 0.3) is 10.8 Å². The van der Waals surface area contributed by atoms with Gasteiger partial charge in [-0.15, -0.1) is 0 Å². The van der Waals surface area contributed by atoms with Crippen molar-refractivity contribution in [2.24, 2.45) is 0 Å². The van der Waals surface area contributed by atoms with Crippen LogP contribution in [-0.2, 0) is 0 Å². The van der Waals surface area contributed by atoms with Crippen molar-refractivity contribution in [3.05, 3.63) is 42.0 Å². The Hall–Kier alpha value is -1.34. The molecule has 0 aliphatic heterocycles. The number of hydrogen-bond donors (Lipinski definition) is 1. The van der Waals surface area contributed by atoms with Gasteiger partial charge in [0.2, 0.25) is 0 Å². The summed E-state index contributed by atoms with van der Waals surface area (Å²) in [5, 5.41) is 2.60. The van der Waals surface area contributed by atoms with Crippen LogP contribution in [0.2, 0.25) is 0 Å². The van der Waals surface area contributed by atoms with Gasteiger partial charge >= 0.3 is 0 Å². The van der Waals surface area contributed by atoms with Crippen LogP contribution in [0.3, 0.4) is 0 Å². The maximum Gasteiger partial charge on any atom is 0.131 e. The lowest BCUT2D eigenvalue weighted by Gasteiger charge is -2.01. The van der Waals surface area contributed by atoms with Crippen LogP contribution in [0, 0.1) is 6.92 Å². The topological polar surface area (TPSA) is 27.6 Å². The van der Waals surface area contributed by atoms with Gasteiger partial charge in [-0.2, -0.15) is 0 Å². The number of fused-ring (bicyclic) bond motifs is 1. The van der Waals surface area contributed by atoms with Gasteiger partial charge in [0.1, 0.15) is 5.69 Å². The smallest absolute Gasteiger partial charge is 0.131 e. The third-order valence-electron chi connectivity index (χ3n) is 2.31. The summed E-state index contributed by atoms with van der Waals surface area (Å²) >= 11 is 0. The predicted molar refractivity (Wildman–Crippen MR) is 51.2 cm³/mol. The second kappa shape index (κ2) is 2.61. The van der Waals surface area contributed by atoms with Gasteiger partial charge in [-0.3, -0.25) is 0 Å². The molecule has 0 fully saturated rings. The Morgan fingerprint density at radius 2 is 1.75 bits per heavy atom. The number of quaternary nitrogens is 1. The fourth-order valence-corrected chi connectivity index (χ4v) is 1.47. The summed E-state index contributed by atoms with van der Waals surface area (Å²) in [6.07, 6.45) is 0. The molecule has 60 valence electrons. The van der Waals surface area contributed by atoms with Gasteiger partial charge in [-0.25, -0.2) is 0 Å². The first-order chi connectivity index (χ1) is 5.79. The van der Waals surface area contributed by atoms with Crippen molar-refractivity contribution in [3.8, 4) is 0 Å². The van der Waals surface area contributed by atoms with E-state index < -0.39 is 0 Å². The molecule has 0 saturated heterocycles. The zero-order valence-corrected chi connectivity index (χ0v) is 7.17. The fourth-order valence-electron chi connectivity index (χ4n) is 1.47. The van der Waals surface area contributed by atoms with Gasteiger partial charge in [-0.05, 0) is 29.8 Å². The second-order valence-corrected chi connectivity index (χ2v) is 3.07. The van der Waals surface area contributed by atoms with Crippen molar-refractivity contribution >= 4 is 16.5 Å². The molecule has 1 heteroatoms. The van der Waals surface area contributed by atoms with E-state index in [-0.39, 0.29) is 0 Å². The maximum absolute atomic E-state index is 3.97. The normalized spacial score (nSPS) is 10.5. The Morgan fingerprint density at radius 3 is 2.58 bits per heavy atom. The summed E-state index contributed by atoms with van der Waals surface area (Å²) < 4.78 is 0. The minimum absolute atomic E-state index is 1.12. The first kappa shape index (κ1) is 7.32. The van der Waals surface area contributed by atoms with Gasteiger partial charge in [0.15, 0.2) is 0 Å². The number of rotatable bonds is 0. The first-order valence-corrected chi connectivity index (χ1v) is 4.09. The SMILES string of the molecule is Cc1c([NH3+])ccc2ccccc12. The predicted octanol–water partition coefficient (Wildman–Crippen LogP) is 2.02. The summed E-state index contributed by atoms with van der Waals surface area (Å²) in [6, 6.07) is 12.6. The first-order valence-electron chi connectivity index (χ1n) is 4.09. The average Bonchev–Trinajstić information content (AvgIpc) is 2.12. The molecule has 0 heterocycles. The van der Waals surface area contributed by atoms with E-state index in [1.54, 1.807) is 0 Å². The zero-order valence-electron chi connectivity index (χ0n) is 7.17. The van der Waals surface area contributed by atoms with Gasteiger partial charge in [0.05, 0.1) is 0 Å². The Morgan fingerprint density at radius 1 is 1.00 bits per heavy atom. The van der Waals surface area contributed by atoms with Gasteiger partial charge in [0.25, 0.3) is 0 Å². The fraction of sp³-hybridized carbons (Fsp3) is 0.0909. The number of aryl methyl sites for hydroxylation is 1. The second-order valence-electron chi connectivity index (χ2n) is 3.07. The quantitative estimate of drug-likeness (QED) is 0.607. The van der Waals surface area contributed by atoms with Gasteiger partial charge in [-0.1, -0.05) is 24.3 Å². The van der Waals surface area contributed by atoms with E-state index in [1.165, 1.54) is 16.3 Å². The molecule has 3 N–H and O–H groups in total. The molecule has 0 bridgehead atoms. The molecule has 0 aliphatic rings. The molecule has 12 heavy (non-hydrogen) atoms. The summed E-state index contributed by atoms with van der Waals surface area (Å²) in [5.41, 5.74) is 6.37. The van der Waals surface area contributed by atoms with E-state index in [9.17, 15) is 0 Å². The molecule has 2 rings (SSSR count). The summed E-state index contributed by atoms with van der Waals surface area (Å²) in [4.78, 5) is 0. The van der Waals surface area contributed by atoms with Crippen LogP contribution in [0.5, 0.6) is 0 Å². The van der Waals surface area contributed by atoms with Crippen LogP contribution in [0.15, 0.2) is 36.4 Å². The molecule has 0 amide bonds. The summed E-state index contributed by atoms with van der Waals surface area (Å²) in [5.74, 6) is 0. The largest absolute Gasteiger partial charge is 0.325 e. The highest BCUT2D eigenvalue weighted by Gasteiger charge is 2.00. The minimum Gasteiger partial charge on any atom is -0.325 e. The molecule has 0 unspecified atom stereocenters. The molecule has 0 spiro atoms. The van der Waals surface area contributed by atoms with E-state index in [0.29, 0.717) is 0 Å². The number of benzene rings is 2. The van der Waals surface area contributed by atoms with E-state index in [1.807, 2.05) is 0 Å². The molecule has 0 aromatic heterocycles. The van der Waals surface area contributed by atoms with Gasteiger partial charge in [0, 0.05) is 5.56 Å². The standard InChI is InChI=1S/C11H11N/c1-8-10-5-3-2-4-9(10)6-7-11(8)12/h2-7H,12H2,1H3/p+1. The van der Waals surface area contributed by atoms with E-state index in [0.717, 1.165) is 5.69 Å². The van der Waals surface area contributed by atoms with E-state index in [2.05, 4.69) is 49.1 Å². The molecule has 0 atom stereocenters. The van der Waals surface area contributed by atoms with Crippen LogP contribution in [0.4, 0.5) is 5.69 Å².